The molecule has 1 saturated heterocycles. The van der Waals surface area contributed by atoms with Gasteiger partial charge in [-0.05, 0) is 30.0 Å². The van der Waals surface area contributed by atoms with E-state index in [0.717, 1.165) is 30.8 Å². The van der Waals surface area contributed by atoms with Gasteiger partial charge < -0.3 is 15.8 Å². The summed E-state index contributed by atoms with van der Waals surface area (Å²) in [5, 5.41) is 2.95. The number of nitrogens with zero attached hydrogens (tertiary/aromatic N) is 1. The maximum Gasteiger partial charge on any atom is 0.234 e. The van der Waals surface area contributed by atoms with Crippen LogP contribution >= 0.6 is 0 Å². The molecular formula is C16H25N3O2. The molecule has 3 N–H and O–H groups in total. The molecule has 0 saturated carbocycles. The molecule has 0 aromatic heterocycles. The summed E-state index contributed by atoms with van der Waals surface area (Å²) < 4.78 is 5.17. The fourth-order valence-electron chi connectivity index (χ4n) is 2.88. The highest BCUT2D eigenvalue weighted by Crippen LogP contribution is 2.15. The molecule has 0 spiro atoms. The van der Waals surface area contributed by atoms with Crippen LogP contribution in [0.15, 0.2) is 24.3 Å². The third kappa shape index (κ3) is 5.02. The lowest BCUT2D eigenvalue weighted by Gasteiger charge is -2.34. The van der Waals surface area contributed by atoms with Gasteiger partial charge in [0.1, 0.15) is 5.75 Å². The predicted molar refractivity (Wildman–Crippen MR) is 83.0 cm³/mol. The number of hydrogen-bond donors (Lipinski definition) is 2. The van der Waals surface area contributed by atoms with Crippen LogP contribution in [-0.4, -0.2) is 43.6 Å². The van der Waals surface area contributed by atoms with Crippen LogP contribution in [-0.2, 0) is 11.3 Å². The Morgan fingerprint density at radius 1 is 1.48 bits per heavy atom. The Balaban J connectivity index is 1.79. The Kier molecular flexibility index (Phi) is 5.59. The third-order valence-electron chi connectivity index (χ3n) is 3.76. The Morgan fingerprint density at radius 3 is 3.00 bits per heavy atom. The second-order valence-corrected chi connectivity index (χ2v) is 5.92. The lowest BCUT2D eigenvalue weighted by molar-refractivity contribution is -0.122. The Bertz CT molecular complexity index is 468. The van der Waals surface area contributed by atoms with Crippen LogP contribution in [0.2, 0.25) is 0 Å². The van der Waals surface area contributed by atoms with Gasteiger partial charge in [-0.3, -0.25) is 9.69 Å². The van der Waals surface area contributed by atoms with Crippen molar-refractivity contribution in [2.75, 3.05) is 26.7 Å². The molecule has 2 atom stereocenters. The van der Waals surface area contributed by atoms with Crippen molar-refractivity contribution in [3.05, 3.63) is 29.8 Å². The fraction of sp³-hybridized carbons (Fsp3) is 0.562. The number of methoxy groups -OCH3 is 1. The molecule has 116 valence electrons. The zero-order chi connectivity index (χ0) is 15.2. The summed E-state index contributed by atoms with van der Waals surface area (Å²) in [6.07, 6.45) is 1.04. The average Bonchev–Trinajstić information content (AvgIpc) is 2.44. The summed E-state index contributed by atoms with van der Waals surface area (Å²) in [6.45, 7) is 4.87. The number of hydrogen-bond acceptors (Lipinski definition) is 4. The number of benzene rings is 1. The lowest BCUT2D eigenvalue weighted by atomic mass is 9.97. The topological polar surface area (TPSA) is 67.6 Å². The van der Waals surface area contributed by atoms with E-state index in [1.54, 1.807) is 7.11 Å². The Labute approximate surface area is 126 Å². The summed E-state index contributed by atoms with van der Waals surface area (Å²) >= 11 is 0. The quantitative estimate of drug-likeness (QED) is 0.848. The fourth-order valence-corrected chi connectivity index (χ4v) is 2.88. The number of piperidine rings is 1. The molecule has 5 nitrogen and oxygen atoms in total. The normalized spacial score (nSPS) is 22.8. The minimum absolute atomic E-state index is 0.0409. The summed E-state index contributed by atoms with van der Waals surface area (Å²) in [7, 11) is 1.64. The van der Waals surface area contributed by atoms with Crippen LogP contribution in [0.4, 0.5) is 0 Å². The van der Waals surface area contributed by atoms with Crippen molar-refractivity contribution in [3.63, 3.8) is 0 Å². The van der Waals surface area contributed by atoms with Crippen molar-refractivity contribution in [2.45, 2.75) is 25.9 Å². The molecule has 0 aliphatic carbocycles. The van der Waals surface area contributed by atoms with Crippen LogP contribution in [0.25, 0.3) is 0 Å². The maximum absolute atomic E-state index is 12.0. The second-order valence-electron chi connectivity index (χ2n) is 5.92. The largest absolute Gasteiger partial charge is 0.497 e. The first-order valence-electron chi connectivity index (χ1n) is 7.44. The van der Waals surface area contributed by atoms with Gasteiger partial charge in [-0.25, -0.2) is 0 Å². The van der Waals surface area contributed by atoms with Gasteiger partial charge in [0.2, 0.25) is 5.91 Å². The van der Waals surface area contributed by atoms with E-state index in [-0.39, 0.29) is 11.9 Å². The van der Waals surface area contributed by atoms with Gasteiger partial charge in [0.15, 0.2) is 0 Å². The molecule has 1 aromatic rings. The number of nitrogens with one attached hydrogen (secondary N) is 1. The number of amides is 1. The molecule has 1 aliphatic heterocycles. The van der Waals surface area contributed by atoms with Crippen LogP contribution in [0.3, 0.4) is 0 Å². The zero-order valence-electron chi connectivity index (χ0n) is 12.8. The summed E-state index contributed by atoms with van der Waals surface area (Å²) in [5.74, 6) is 1.40. The SMILES string of the molecule is COc1cccc(CNC(=O)CN2CC(C)CC(N)C2)c1. The number of rotatable bonds is 5. The third-order valence-corrected chi connectivity index (χ3v) is 3.76. The van der Waals surface area contributed by atoms with Gasteiger partial charge in [-0.15, -0.1) is 0 Å². The predicted octanol–water partition coefficient (Wildman–Crippen LogP) is 0.981. The first kappa shape index (κ1) is 15.8. The van der Waals surface area contributed by atoms with Crippen molar-refractivity contribution >= 4 is 5.91 Å². The van der Waals surface area contributed by atoms with Crippen LogP contribution in [0, 0.1) is 5.92 Å². The lowest BCUT2D eigenvalue weighted by Crippen LogP contribution is -2.49. The van der Waals surface area contributed by atoms with E-state index in [0.29, 0.717) is 19.0 Å². The first-order chi connectivity index (χ1) is 10.1. The smallest absolute Gasteiger partial charge is 0.234 e. The molecule has 0 radical (unpaired) electrons. The van der Waals surface area contributed by atoms with Crippen molar-refractivity contribution < 1.29 is 9.53 Å². The zero-order valence-corrected chi connectivity index (χ0v) is 12.8. The van der Waals surface area contributed by atoms with Gasteiger partial charge in [-0.2, -0.15) is 0 Å². The average molecular weight is 291 g/mol. The van der Waals surface area contributed by atoms with Crippen molar-refractivity contribution in [3.8, 4) is 5.75 Å². The summed E-state index contributed by atoms with van der Waals surface area (Å²) in [4.78, 5) is 14.2. The maximum atomic E-state index is 12.0. The number of nitrogens with two attached hydrogens (primary N) is 1. The summed E-state index contributed by atoms with van der Waals surface area (Å²) in [6, 6.07) is 7.90. The molecule has 2 unspecified atom stereocenters. The minimum Gasteiger partial charge on any atom is -0.497 e. The van der Waals surface area contributed by atoms with Crippen LogP contribution in [0.1, 0.15) is 18.9 Å². The first-order valence-corrected chi connectivity index (χ1v) is 7.44. The van der Waals surface area contributed by atoms with Gasteiger partial charge >= 0.3 is 0 Å². The summed E-state index contributed by atoms with van der Waals surface area (Å²) in [5.41, 5.74) is 7.03. The molecule has 5 heteroatoms. The van der Waals surface area contributed by atoms with Crippen molar-refractivity contribution in [1.82, 2.24) is 10.2 Å². The van der Waals surface area contributed by atoms with E-state index in [1.807, 2.05) is 24.3 Å². The highest BCUT2D eigenvalue weighted by molar-refractivity contribution is 5.78. The molecule has 1 amide bonds. The van der Waals surface area contributed by atoms with E-state index in [9.17, 15) is 4.79 Å². The number of carbonyl (C=O) groups excluding carboxylic acids is 1. The van der Waals surface area contributed by atoms with Crippen LogP contribution in [0.5, 0.6) is 5.75 Å². The molecular weight excluding hydrogens is 266 g/mol. The van der Waals surface area contributed by atoms with E-state index < -0.39 is 0 Å². The highest BCUT2D eigenvalue weighted by atomic mass is 16.5. The number of carbonyl (C=O) groups is 1. The monoisotopic (exact) mass is 291 g/mol. The van der Waals surface area contributed by atoms with E-state index in [4.69, 9.17) is 10.5 Å². The molecule has 1 heterocycles. The molecule has 1 aliphatic rings. The number of likely N-dealkylation sites (tertiary alicyclic amines) is 1. The number of ether oxygens (including phenoxy) is 1. The Morgan fingerprint density at radius 2 is 2.29 bits per heavy atom. The molecule has 21 heavy (non-hydrogen) atoms. The highest BCUT2D eigenvalue weighted by Gasteiger charge is 2.23. The molecule has 1 aromatic carbocycles. The van der Waals surface area contributed by atoms with Gasteiger partial charge in [-0.1, -0.05) is 19.1 Å². The standard InChI is InChI=1S/C16H25N3O2/c1-12-6-14(17)10-19(9-12)11-16(20)18-8-13-4-3-5-15(7-13)21-2/h3-5,7,12,14H,6,8-11,17H2,1-2H3,(H,18,20). The van der Waals surface area contributed by atoms with E-state index in [1.165, 1.54) is 0 Å². The van der Waals surface area contributed by atoms with E-state index in [2.05, 4.69) is 17.1 Å². The molecule has 2 rings (SSSR count). The van der Waals surface area contributed by atoms with Crippen molar-refractivity contribution in [2.24, 2.45) is 11.7 Å². The van der Waals surface area contributed by atoms with Gasteiger partial charge in [0, 0.05) is 25.7 Å². The molecule has 0 bridgehead atoms. The van der Waals surface area contributed by atoms with Gasteiger partial charge in [0.05, 0.1) is 13.7 Å². The van der Waals surface area contributed by atoms with Crippen LogP contribution < -0.4 is 15.8 Å². The van der Waals surface area contributed by atoms with Gasteiger partial charge in [0.25, 0.3) is 0 Å². The van der Waals surface area contributed by atoms with Crippen molar-refractivity contribution in [1.29, 1.82) is 0 Å². The Hall–Kier alpha value is -1.59. The van der Waals surface area contributed by atoms with E-state index >= 15 is 0 Å². The minimum atomic E-state index is 0.0409. The molecule has 1 fully saturated rings. The second kappa shape index (κ2) is 7.43.